The number of hydrogen-bond acceptors (Lipinski definition) is 5. The van der Waals surface area contributed by atoms with Crippen molar-refractivity contribution in [3.8, 4) is 0 Å². The third-order valence-corrected chi connectivity index (χ3v) is 3.20. The molecule has 1 amide bonds. The summed E-state index contributed by atoms with van der Waals surface area (Å²) in [5.41, 5.74) is 0. The van der Waals surface area contributed by atoms with Crippen LogP contribution in [0.3, 0.4) is 0 Å². The maximum Gasteiger partial charge on any atom is 0.326 e. The van der Waals surface area contributed by atoms with Crippen LogP contribution in [-0.4, -0.2) is 48.3 Å². The van der Waals surface area contributed by atoms with E-state index in [-0.39, 0.29) is 25.4 Å². The van der Waals surface area contributed by atoms with Crippen LogP contribution in [0.15, 0.2) is 0 Å². The van der Waals surface area contributed by atoms with Crippen LogP contribution >= 0.6 is 0 Å². The lowest BCUT2D eigenvalue weighted by molar-refractivity contribution is -0.146. The van der Waals surface area contributed by atoms with Gasteiger partial charge in [-0.25, -0.2) is 4.79 Å². The van der Waals surface area contributed by atoms with Gasteiger partial charge in [0.2, 0.25) is 5.91 Å². The molecule has 2 unspecified atom stereocenters. The van der Waals surface area contributed by atoms with Crippen LogP contribution in [0.1, 0.15) is 33.1 Å². The summed E-state index contributed by atoms with van der Waals surface area (Å²) in [4.78, 5) is 34.2. The summed E-state index contributed by atoms with van der Waals surface area (Å²) in [6.45, 7) is 4.30. The predicted molar refractivity (Wildman–Crippen MR) is 69.0 cm³/mol. The van der Waals surface area contributed by atoms with Gasteiger partial charge in [0.25, 0.3) is 0 Å². The van der Waals surface area contributed by atoms with Gasteiger partial charge in [0, 0.05) is 13.0 Å². The van der Waals surface area contributed by atoms with Crippen molar-refractivity contribution in [2.45, 2.75) is 45.3 Å². The first kappa shape index (κ1) is 16.4. The minimum atomic E-state index is -1.17. The largest absolute Gasteiger partial charge is 0.480 e. The van der Waals surface area contributed by atoms with E-state index in [1.54, 1.807) is 6.92 Å². The highest BCUT2D eigenvalue weighted by Gasteiger charge is 2.33. The van der Waals surface area contributed by atoms with E-state index >= 15 is 0 Å². The molecule has 3 atom stereocenters. The zero-order valence-electron chi connectivity index (χ0n) is 11.8. The third-order valence-electron chi connectivity index (χ3n) is 3.20. The summed E-state index contributed by atoms with van der Waals surface area (Å²) < 4.78 is 10.00. The number of carbonyl (C=O) groups excluding carboxylic acids is 2. The second kappa shape index (κ2) is 7.84. The number of carboxylic acid groups (broad SMARTS) is 1. The van der Waals surface area contributed by atoms with Crippen LogP contribution < -0.4 is 5.32 Å². The van der Waals surface area contributed by atoms with Crippen molar-refractivity contribution in [3.05, 3.63) is 0 Å². The molecule has 1 fully saturated rings. The van der Waals surface area contributed by atoms with Gasteiger partial charge in [-0.2, -0.15) is 0 Å². The molecular weight excluding hydrogens is 266 g/mol. The molecule has 1 rings (SSSR count). The van der Waals surface area contributed by atoms with E-state index in [1.807, 2.05) is 6.92 Å². The predicted octanol–water partition coefficient (Wildman–Crippen LogP) is 0.324. The highest BCUT2D eigenvalue weighted by molar-refractivity contribution is 5.87. The highest BCUT2D eigenvalue weighted by atomic mass is 16.5. The summed E-state index contributed by atoms with van der Waals surface area (Å²) in [5, 5.41) is 11.5. The number of rotatable bonds is 7. The van der Waals surface area contributed by atoms with Crippen molar-refractivity contribution in [1.82, 2.24) is 5.32 Å². The van der Waals surface area contributed by atoms with Gasteiger partial charge in [0.15, 0.2) is 0 Å². The zero-order chi connectivity index (χ0) is 15.1. The summed E-state index contributed by atoms with van der Waals surface area (Å²) in [5.74, 6) is -2.02. The van der Waals surface area contributed by atoms with Gasteiger partial charge < -0.3 is 19.9 Å². The van der Waals surface area contributed by atoms with E-state index in [0.29, 0.717) is 6.61 Å². The molecule has 1 heterocycles. The number of carbonyl (C=O) groups is 3. The molecule has 1 aliphatic rings. The lowest BCUT2D eigenvalue weighted by atomic mass is 10.0. The van der Waals surface area contributed by atoms with Gasteiger partial charge in [-0.15, -0.1) is 0 Å². The van der Waals surface area contributed by atoms with Gasteiger partial charge in [-0.3, -0.25) is 9.59 Å². The molecule has 0 aromatic carbocycles. The Kier molecular flexibility index (Phi) is 6.44. The maximum atomic E-state index is 11.9. The molecule has 7 heteroatoms. The lowest BCUT2D eigenvalue weighted by Crippen LogP contribution is -2.46. The number of amides is 1. The fourth-order valence-corrected chi connectivity index (χ4v) is 2.04. The van der Waals surface area contributed by atoms with Crippen LogP contribution in [0.2, 0.25) is 0 Å². The number of nitrogens with one attached hydrogen (secondary N) is 1. The first-order chi connectivity index (χ1) is 9.45. The monoisotopic (exact) mass is 287 g/mol. The zero-order valence-corrected chi connectivity index (χ0v) is 11.8. The van der Waals surface area contributed by atoms with Crippen LogP contribution in [0.4, 0.5) is 0 Å². The first-order valence-electron chi connectivity index (χ1n) is 6.76. The van der Waals surface area contributed by atoms with Gasteiger partial charge in [0.1, 0.15) is 12.1 Å². The molecular formula is C13H21NO6. The number of esters is 1. The summed E-state index contributed by atoms with van der Waals surface area (Å²) >= 11 is 0. The van der Waals surface area contributed by atoms with Crippen LogP contribution in [0.25, 0.3) is 0 Å². The van der Waals surface area contributed by atoms with E-state index in [2.05, 4.69) is 5.32 Å². The first-order valence-corrected chi connectivity index (χ1v) is 6.76. The van der Waals surface area contributed by atoms with Gasteiger partial charge >= 0.3 is 11.9 Å². The SMILES string of the molecule is CCOC(=O)CC[C@H](NC(=O)C1OCCC1C)C(=O)O. The third kappa shape index (κ3) is 4.80. The second-order valence-corrected chi connectivity index (χ2v) is 4.80. The topological polar surface area (TPSA) is 102 Å². The average molecular weight is 287 g/mol. The van der Waals surface area contributed by atoms with Crippen LogP contribution in [0.5, 0.6) is 0 Å². The smallest absolute Gasteiger partial charge is 0.326 e. The molecule has 0 bridgehead atoms. The molecule has 0 saturated carbocycles. The Balaban J connectivity index is 2.48. The molecule has 2 N–H and O–H groups in total. The van der Waals surface area contributed by atoms with Crippen LogP contribution in [0, 0.1) is 5.92 Å². The minimum Gasteiger partial charge on any atom is -0.480 e. The molecule has 0 spiro atoms. The normalized spacial score (nSPS) is 23.1. The fourth-order valence-electron chi connectivity index (χ4n) is 2.04. The van der Waals surface area contributed by atoms with E-state index in [9.17, 15) is 14.4 Å². The van der Waals surface area contributed by atoms with E-state index in [1.165, 1.54) is 0 Å². The lowest BCUT2D eigenvalue weighted by Gasteiger charge is -2.19. The summed E-state index contributed by atoms with van der Waals surface area (Å²) in [6.07, 6.45) is 0.116. The maximum absolute atomic E-state index is 11.9. The summed E-state index contributed by atoms with van der Waals surface area (Å²) in [7, 11) is 0. The van der Waals surface area contributed by atoms with E-state index in [0.717, 1.165) is 6.42 Å². The number of ether oxygens (including phenoxy) is 2. The van der Waals surface area contributed by atoms with Crippen molar-refractivity contribution in [2.75, 3.05) is 13.2 Å². The Morgan fingerprint density at radius 1 is 1.45 bits per heavy atom. The van der Waals surface area contributed by atoms with Crippen molar-refractivity contribution < 1.29 is 29.0 Å². The molecule has 114 valence electrons. The van der Waals surface area contributed by atoms with Crippen LogP contribution in [-0.2, 0) is 23.9 Å². The standard InChI is InChI=1S/C13H21NO6/c1-3-19-10(15)5-4-9(13(17)18)14-12(16)11-8(2)6-7-20-11/h8-9,11H,3-7H2,1-2H3,(H,14,16)(H,17,18)/t8?,9-,11?/m0/s1. The molecule has 1 aliphatic heterocycles. The number of aliphatic carboxylic acids is 1. The molecule has 0 aromatic rings. The molecule has 0 aliphatic carbocycles. The van der Waals surface area contributed by atoms with Gasteiger partial charge in [-0.05, 0) is 25.7 Å². The number of hydrogen-bond donors (Lipinski definition) is 2. The number of carboxylic acids is 1. The van der Waals surface area contributed by atoms with Crippen molar-refractivity contribution in [1.29, 1.82) is 0 Å². The van der Waals surface area contributed by atoms with Gasteiger partial charge in [-0.1, -0.05) is 6.92 Å². The van der Waals surface area contributed by atoms with Gasteiger partial charge in [0.05, 0.1) is 6.61 Å². The van der Waals surface area contributed by atoms with Crippen molar-refractivity contribution in [3.63, 3.8) is 0 Å². The Morgan fingerprint density at radius 3 is 2.65 bits per heavy atom. The Bertz CT molecular complexity index is 370. The fraction of sp³-hybridized carbons (Fsp3) is 0.769. The molecule has 0 aromatic heterocycles. The van der Waals surface area contributed by atoms with Crippen molar-refractivity contribution in [2.24, 2.45) is 5.92 Å². The Morgan fingerprint density at radius 2 is 2.15 bits per heavy atom. The molecule has 7 nitrogen and oxygen atoms in total. The second-order valence-electron chi connectivity index (χ2n) is 4.80. The average Bonchev–Trinajstić information content (AvgIpc) is 2.80. The Hall–Kier alpha value is -1.63. The molecule has 0 radical (unpaired) electrons. The molecule has 20 heavy (non-hydrogen) atoms. The van der Waals surface area contributed by atoms with E-state index in [4.69, 9.17) is 14.6 Å². The van der Waals surface area contributed by atoms with Crippen molar-refractivity contribution >= 4 is 17.8 Å². The highest BCUT2D eigenvalue weighted by Crippen LogP contribution is 2.20. The minimum absolute atomic E-state index is 0.001000. The van der Waals surface area contributed by atoms with E-state index < -0.39 is 30.0 Å². The Labute approximate surface area is 117 Å². The quantitative estimate of drug-likeness (QED) is 0.654. The summed E-state index contributed by atoms with van der Waals surface area (Å²) in [6, 6.07) is -1.11. The molecule has 1 saturated heterocycles.